The molecule has 2 heteroatoms. The molecular weight excluding hydrogens is 234 g/mol. The van der Waals surface area contributed by atoms with Crippen LogP contribution in [0, 0.1) is 11.3 Å². The fraction of sp³-hybridized carbons (Fsp3) is 0.588. The predicted octanol–water partition coefficient (Wildman–Crippen LogP) is 4.15. The Kier molecular flexibility index (Phi) is 3.98. The topological polar surface area (TPSA) is 20.3 Å². The van der Waals surface area contributed by atoms with Crippen molar-refractivity contribution in [3.63, 3.8) is 0 Å². The number of carbonyl (C=O) groups excluding carboxylic acids is 1. The van der Waals surface area contributed by atoms with Crippen LogP contribution >= 0.6 is 0 Å². The van der Waals surface area contributed by atoms with Crippen molar-refractivity contribution in [2.24, 2.45) is 11.3 Å². The molecule has 1 aromatic carbocycles. The van der Waals surface area contributed by atoms with Gasteiger partial charge in [-0.25, -0.2) is 0 Å². The molecule has 1 aliphatic carbocycles. The van der Waals surface area contributed by atoms with E-state index in [-0.39, 0.29) is 5.92 Å². The van der Waals surface area contributed by atoms with E-state index in [9.17, 15) is 4.79 Å². The van der Waals surface area contributed by atoms with E-state index < -0.39 is 0 Å². The monoisotopic (exact) mass is 259 g/mol. The lowest BCUT2D eigenvalue weighted by molar-refractivity contribution is 0.0811. The highest BCUT2D eigenvalue weighted by molar-refractivity contribution is 5.98. The Hall–Kier alpha value is -1.31. The Morgan fingerprint density at radius 1 is 1.21 bits per heavy atom. The standard InChI is InChI=1S/C17H25NO/c1-17(2)11-5-6-14(12-17)16(19)13-7-9-15(10-8-13)18(3)4/h7-10,14H,5-6,11-12H2,1-4H3. The molecular formula is C17H25NO. The van der Waals surface area contributed by atoms with Gasteiger partial charge in [0.2, 0.25) is 0 Å². The average molecular weight is 259 g/mol. The van der Waals surface area contributed by atoms with Crippen molar-refractivity contribution in [2.45, 2.75) is 39.5 Å². The lowest BCUT2D eigenvalue weighted by Gasteiger charge is -2.34. The maximum atomic E-state index is 12.6. The second-order valence-corrected chi connectivity index (χ2v) is 6.76. The van der Waals surface area contributed by atoms with Crippen molar-refractivity contribution in [1.29, 1.82) is 0 Å². The number of benzene rings is 1. The van der Waals surface area contributed by atoms with E-state index >= 15 is 0 Å². The minimum Gasteiger partial charge on any atom is -0.378 e. The molecule has 0 heterocycles. The third-order valence-corrected chi connectivity index (χ3v) is 4.24. The molecule has 1 atom stereocenters. The van der Waals surface area contributed by atoms with E-state index in [1.165, 1.54) is 12.8 Å². The van der Waals surface area contributed by atoms with Crippen LogP contribution in [0.25, 0.3) is 0 Å². The number of Topliss-reactive ketones (excluding diaryl/α,β-unsaturated/α-hetero) is 1. The van der Waals surface area contributed by atoms with Crippen molar-refractivity contribution < 1.29 is 4.79 Å². The molecule has 0 spiro atoms. The lowest BCUT2D eigenvalue weighted by Crippen LogP contribution is -2.28. The van der Waals surface area contributed by atoms with Crippen LogP contribution in [0.5, 0.6) is 0 Å². The molecule has 1 saturated carbocycles. The summed E-state index contributed by atoms with van der Waals surface area (Å²) in [6.45, 7) is 4.56. The van der Waals surface area contributed by atoms with Crippen LogP contribution < -0.4 is 4.90 Å². The van der Waals surface area contributed by atoms with Crippen molar-refractivity contribution >= 4 is 11.5 Å². The predicted molar refractivity (Wildman–Crippen MR) is 80.8 cm³/mol. The molecule has 0 bridgehead atoms. The molecule has 0 aliphatic heterocycles. The second-order valence-electron chi connectivity index (χ2n) is 6.76. The minimum atomic E-state index is 0.217. The summed E-state index contributed by atoms with van der Waals surface area (Å²) in [5.41, 5.74) is 2.33. The molecule has 2 rings (SSSR count). The molecule has 1 fully saturated rings. The van der Waals surface area contributed by atoms with E-state index in [2.05, 4.69) is 18.7 Å². The van der Waals surface area contributed by atoms with Gasteiger partial charge in [-0.1, -0.05) is 20.3 Å². The summed E-state index contributed by atoms with van der Waals surface area (Å²) >= 11 is 0. The smallest absolute Gasteiger partial charge is 0.165 e. The van der Waals surface area contributed by atoms with Gasteiger partial charge in [-0.2, -0.15) is 0 Å². The molecule has 0 N–H and O–H groups in total. The summed E-state index contributed by atoms with van der Waals surface area (Å²) < 4.78 is 0. The Morgan fingerprint density at radius 3 is 2.37 bits per heavy atom. The largest absolute Gasteiger partial charge is 0.378 e. The first-order valence-electron chi connectivity index (χ1n) is 7.21. The first-order valence-corrected chi connectivity index (χ1v) is 7.21. The van der Waals surface area contributed by atoms with Crippen LogP contribution in [0.3, 0.4) is 0 Å². The van der Waals surface area contributed by atoms with Gasteiger partial charge >= 0.3 is 0 Å². The van der Waals surface area contributed by atoms with Gasteiger partial charge in [0, 0.05) is 31.3 Å². The number of hydrogen-bond donors (Lipinski definition) is 0. The first-order chi connectivity index (χ1) is 8.89. The van der Waals surface area contributed by atoms with Gasteiger partial charge in [-0.15, -0.1) is 0 Å². The minimum absolute atomic E-state index is 0.217. The second kappa shape index (κ2) is 5.36. The highest BCUT2D eigenvalue weighted by Crippen LogP contribution is 2.39. The van der Waals surface area contributed by atoms with Crippen molar-refractivity contribution in [1.82, 2.24) is 0 Å². The van der Waals surface area contributed by atoms with Gasteiger partial charge in [0.1, 0.15) is 0 Å². The number of rotatable bonds is 3. The SMILES string of the molecule is CN(C)c1ccc(C(=O)C2CCCC(C)(C)C2)cc1. The fourth-order valence-corrected chi connectivity index (χ4v) is 3.08. The lowest BCUT2D eigenvalue weighted by atomic mass is 9.70. The quantitative estimate of drug-likeness (QED) is 0.760. The zero-order chi connectivity index (χ0) is 14.0. The summed E-state index contributed by atoms with van der Waals surface area (Å²) in [5, 5.41) is 0. The molecule has 0 aromatic heterocycles. The van der Waals surface area contributed by atoms with Crippen LogP contribution in [-0.4, -0.2) is 19.9 Å². The van der Waals surface area contributed by atoms with Crippen LogP contribution in [0.2, 0.25) is 0 Å². The zero-order valence-electron chi connectivity index (χ0n) is 12.6. The Morgan fingerprint density at radius 2 is 1.84 bits per heavy atom. The summed E-state index contributed by atoms with van der Waals surface area (Å²) in [7, 11) is 4.03. The molecule has 19 heavy (non-hydrogen) atoms. The van der Waals surface area contributed by atoms with Crippen LogP contribution in [0.1, 0.15) is 49.9 Å². The van der Waals surface area contributed by atoms with Crippen LogP contribution in [0.4, 0.5) is 5.69 Å². The first kappa shape index (κ1) is 14.1. The third kappa shape index (κ3) is 3.37. The molecule has 1 aromatic rings. The average Bonchev–Trinajstić information content (AvgIpc) is 2.37. The van der Waals surface area contributed by atoms with Gasteiger partial charge in [0.05, 0.1) is 0 Å². The third-order valence-electron chi connectivity index (χ3n) is 4.24. The van der Waals surface area contributed by atoms with Crippen LogP contribution in [0.15, 0.2) is 24.3 Å². The fourth-order valence-electron chi connectivity index (χ4n) is 3.08. The molecule has 0 amide bonds. The normalized spacial score (nSPS) is 22.0. The number of anilines is 1. The van der Waals surface area contributed by atoms with E-state index in [0.29, 0.717) is 11.2 Å². The van der Waals surface area contributed by atoms with Gasteiger partial charge < -0.3 is 4.90 Å². The zero-order valence-corrected chi connectivity index (χ0v) is 12.6. The molecule has 104 valence electrons. The van der Waals surface area contributed by atoms with Gasteiger partial charge in [-0.3, -0.25) is 4.79 Å². The Balaban J connectivity index is 2.11. The maximum absolute atomic E-state index is 12.6. The van der Waals surface area contributed by atoms with Crippen molar-refractivity contribution in [3.8, 4) is 0 Å². The number of nitrogens with zero attached hydrogens (tertiary/aromatic N) is 1. The van der Waals surface area contributed by atoms with E-state index in [4.69, 9.17) is 0 Å². The van der Waals surface area contributed by atoms with Crippen molar-refractivity contribution in [3.05, 3.63) is 29.8 Å². The Bertz CT molecular complexity index is 445. The molecule has 0 radical (unpaired) electrons. The Labute approximate surface area is 116 Å². The molecule has 1 unspecified atom stereocenters. The van der Waals surface area contributed by atoms with Gasteiger partial charge in [0.25, 0.3) is 0 Å². The molecule has 2 nitrogen and oxygen atoms in total. The van der Waals surface area contributed by atoms with Gasteiger partial charge in [-0.05, 0) is 48.9 Å². The summed E-state index contributed by atoms with van der Waals surface area (Å²) in [6.07, 6.45) is 4.51. The highest BCUT2D eigenvalue weighted by atomic mass is 16.1. The molecule has 0 saturated heterocycles. The van der Waals surface area contributed by atoms with Crippen LogP contribution in [-0.2, 0) is 0 Å². The summed E-state index contributed by atoms with van der Waals surface area (Å²) in [6, 6.07) is 8.00. The molecule has 1 aliphatic rings. The summed E-state index contributed by atoms with van der Waals surface area (Å²) in [4.78, 5) is 14.6. The number of ketones is 1. The summed E-state index contributed by atoms with van der Waals surface area (Å²) in [5.74, 6) is 0.548. The van der Waals surface area contributed by atoms with Crippen molar-refractivity contribution in [2.75, 3.05) is 19.0 Å². The highest BCUT2D eigenvalue weighted by Gasteiger charge is 2.32. The maximum Gasteiger partial charge on any atom is 0.165 e. The van der Waals surface area contributed by atoms with Gasteiger partial charge in [0.15, 0.2) is 5.78 Å². The number of carbonyl (C=O) groups is 1. The van der Waals surface area contributed by atoms with E-state index in [1.807, 2.05) is 38.4 Å². The number of hydrogen-bond acceptors (Lipinski definition) is 2. The van der Waals surface area contributed by atoms with E-state index in [1.54, 1.807) is 0 Å². The van der Waals surface area contributed by atoms with E-state index in [0.717, 1.165) is 24.1 Å².